The number of carbonyl (C=O) groups is 2. The molecular weight excluding hydrogens is 256 g/mol. The zero-order valence-corrected chi connectivity index (χ0v) is 11.1. The molecular formula is C15H16N2O3. The summed E-state index contributed by atoms with van der Waals surface area (Å²) in [7, 11) is 0. The second kappa shape index (κ2) is 6.06. The molecule has 1 aromatic carbocycles. The van der Waals surface area contributed by atoms with Crippen molar-refractivity contribution in [2.45, 2.75) is 19.6 Å². The molecule has 0 spiro atoms. The molecule has 0 amide bonds. The van der Waals surface area contributed by atoms with E-state index in [1.165, 1.54) is 0 Å². The van der Waals surface area contributed by atoms with Crippen LogP contribution in [-0.4, -0.2) is 18.0 Å². The lowest BCUT2D eigenvalue weighted by molar-refractivity contribution is -0.156. The Balaban J connectivity index is 2.03. The summed E-state index contributed by atoms with van der Waals surface area (Å²) in [5.41, 5.74) is 8.10. The Hall–Kier alpha value is -2.56. The fraction of sp³-hybridized carbons (Fsp3) is 0.200. The number of esters is 1. The summed E-state index contributed by atoms with van der Waals surface area (Å²) >= 11 is 0. The van der Waals surface area contributed by atoms with Crippen LogP contribution in [0.2, 0.25) is 0 Å². The van der Waals surface area contributed by atoms with Gasteiger partial charge in [-0.05, 0) is 17.7 Å². The third-order valence-electron chi connectivity index (χ3n) is 2.85. The summed E-state index contributed by atoms with van der Waals surface area (Å²) in [5, 5.41) is 3.01. The van der Waals surface area contributed by atoms with Gasteiger partial charge >= 0.3 is 5.97 Å². The molecule has 1 aliphatic heterocycles. The van der Waals surface area contributed by atoms with Crippen molar-refractivity contribution in [3.05, 3.63) is 59.4 Å². The van der Waals surface area contributed by atoms with E-state index in [1.807, 2.05) is 36.4 Å². The van der Waals surface area contributed by atoms with Crippen LogP contribution in [0.1, 0.15) is 12.5 Å². The molecule has 0 bridgehead atoms. The Morgan fingerprint density at radius 3 is 2.60 bits per heavy atom. The predicted octanol–water partition coefficient (Wildman–Crippen LogP) is 1.02. The Bertz CT molecular complexity index is 576. The minimum absolute atomic E-state index is 0.358. The number of ketones is 1. The third kappa shape index (κ3) is 3.47. The van der Waals surface area contributed by atoms with Gasteiger partial charge in [-0.15, -0.1) is 0 Å². The minimum Gasteiger partial charge on any atom is -0.430 e. The lowest BCUT2D eigenvalue weighted by atomic mass is 10.1. The fourth-order valence-corrected chi connectivity index (χ4v) is 1.80. The number of rotatable bonds is 4. The first-order chi connectivity index (χ1) is 9.56. The summed E-state index contributed by atoms with van der Waals surface area (Å²) in [6.45, 7) is 1.16. The number of Topliss-reactive ketones (excluding diaryl/α,β-unsaturated/α-hetero) is 1. The maximum atomic E-state index is 11.3. The molecule has 0 aromatic heterocycles. The van der Waals surface area contributed by atoms with Gasteiger partial charge in [0.25, 0.3) is 0 Å². The Labute approximate surface area is 117 Å². The summed E-state index contributed by atoms with van der Waals surface area (Å²) in [5.74, 6) is -1.56. The Kier molecular flexibility index (Phi) is 4.20. The van der Waals surface area contributed by atoms with E-state index in [0.717, 1.165) is 18.2 Å². The van der Waals surface area contributed by atoms with Crippen molar-refractivity contribution in [2.24, 2.45) is 5.73 Å². The molecule has 1 unspecified atom stereocenters. The van der Waals surface area contributed by atoms with Crippen LogP contribution in [0.5, 0.6) is 0 Å². The zero-order chi connectivity index (χ0) is 14.5. The topological polar surface area (TPSA) is 81.4 Å². The standard InChI is InChI=1S/C15H16N2O3/c1-10(18)15(19)20-14-13(16)8-7-12(17-14)9-11-5-3-2-4-6-11/h2-8,14,17H,9,16H2,1H3. The number of hydrogen-bond donors (Lipinski definition) is 2. The summed E-state index contributed by atoms with van der Waals surface area (Å²) in [4.78, 5) is 22.2. The van der Waals surface area contributed by atoms with Crippen LogP contribution in [0.4, 0.5) is 0 Å². The van der Waals surface area contributed by atoms with E-state index >= 15 is 0 Å². The number of benzene rings is 1. The quantitative estimate of drug-likeness (QED) is 0.631. The average Bonchev–Trinajstić information content (AvgIpc) is 2.43. The van der Waals surface area contributed by atoms with Crippen molar-refractivity contribution in [3.8, 4) is 0 Å². The summed E-state index contributed by atoms with van der Waals surface area (Å²) < 4.78 is 5.00. The normalized spacial score (nSPS) is 17.6. The molecule has 0 fully saturated rings. The van der Waals surface area contributed by atoms with Gasteiger partial charge < -0.3 is 15.8 Å². The minimum atomic E-state index is -0.903. The number of nitrogens with one attached hydrogen (secondary N) is 1. The summed E-state index contributed by atoms with van der Waals surface area (Å²) in [6.07, 6.45) is 3.38. The molecule has 5 nitrogen and oxygen atoms in total. The SMILES string of the molecule is CC(=O)C(=O)OC1NC(Cc2ccccc2)=CC=C1N. The average molecular weight is 272 g/mol. The molecule has 104 valence electrons. The smallest absolute Gasteiger partial charge is 0.376 e. The van der Waals surface area contributed by atoms with Gasteiger partial charge in [0.05, 0.1) is 5.70 Å². The number of allylic oxidation sites excluding steroid dienone is 3. The number of nitrogens with two attached hydrogens (primary N) is 1. The highest BCUT2D eigenvalue weighted by Crippen LogP contribution is 2.13. The van der Waals surface area contributed by atoms with Gasteiger partial charge in [0.2, 0.25) is 12.0 Å². The first kappa shape index (κ1) is 13.9. The largest absolute Gasteiger partial charge is 0.430 e. The molecule has 2 rings (SSSR count). The van der Waals surface area contributed by atoms with E-state index < -0.39 is 18.0 Å². The molecule has 3 N–H and O–H groups in total. The number of dihydropyridines is 1. The van der Waals surface area contributed by atoms with Crippen LogP contribution in [-0.2, 0) is 20.7 Å². The van der Waals surface area contributed by atoms with Crippen LogP contribution < -0.4 is 11.1 Å². The van der Waals surface area contributed by atoms with Crippen LogP contribution in [0.25, 0.3) is 0 Å². The molecule has 20 heavy (non-hydrogen) atoms. The van der Waals surface area contributed by atoms with Crippen LogP contribution in [0, 0.1) is 0 Å². The zero-order valence-electron chi connectivity index (χ0n) is 11.1. The van der Waals surface area contributed by atoms with E-state index in [1.54, 1.807) is 6.08 Å². The lowest BCUT2D eigenvalue weighted by Gasteiger charge is -2.24. The molecule has 0 saturated carbocycles. The summed E-state index contributed by atoms with van der Waals surface area (Å²) in [6, 6.07) is 9.86. The highest BCUT2D eigenvalue weighted by Gasteiger charge is 2.22. The van der Waals surface area contributed by atoms with Gasteiger partial charge in [-0.3, -0.25) is 4.79 Å². The van der Waals surface area contributed by atoms with Gasteiger partial charge in [0, 0.05) is 19.0 Å². The Morgan fingerprint density at radius 2 is 1.95 bits per heavy atom. The molecule has 5 heteroatoms. The van der Waals surface area contributed by atoms with E-state index in [-0.39, 0.29) is 0 Å². The van der Waals surface area contributed by atoms with Gasteiger partial charge in [0.15, 0.2) is 0 Å². The second-order valence-corrected chi connectivity index (χ2v) is 4.51. The van der Waals surface area contributed by atoms with Crippen molar-refractivity contribution < 1.29 is 14.3 Å². The maximum absolute atomic E-state index is 11.3. The number of ether oxygens (including phenoxy) is 1. The van der Waals surface area contributed by atoms with Crippen molar-refractivity contribution in [1.82, 2.24) is 5.32 Å². The molecule has 1 aliphatic rings. The van der Waals surface area contributed by atoms with Crippen molar-refractivity contribution in [3.63, 3.8) is 0 Å². The maximum Gasteiger partial charge on any atom is 0.376 e. The number of carbonyl (C=O) groups excluding carboxylic acids is 2. The van der Waals surface area contributed by atoms with Gasteiger partial charge in [0.1, 0.15) is 0 Å². The van der Waals surface area contributed by atoms with Gasteiger partial charge in [-0.2, -0.15) is 0 Å². The van der Waals surface area contributed by atoms with Crippen LogP contribution in [0.15, 0.2) is 53.9 Å². The van der Waals surface area contributed by atoms with E-state index in [9.17, 15) is 9.59 Å². The van der Waals surface area contributed by atoms with Crippen LogP contribution >= 0.6 is 0 Å². The molecule has 1 atom stereocenters. The van der Waals surface area contributed by atoms with Gasteiger partial charge in [-0.1, -0.05) is 30.3 Å². The molecule has 1 aromatic rings. The lowest BCUT2D eigenvalue weighted by Crippen LogP contribution is -2.41. The van der Waals surface area contributed by atoms with E-state index in [2.05, 4.69) is 5.32 Å². The van der Waals surface area contributed by atoms with Gasteiger partial charge in [-0.25, -0.2) is 4.79 Å². The highest BCUT2D eigenvalue weighted by atomic mass is 16.6. The molecule has 1 heterocycles. The highest BCUT2D eigenvalue weighted by molar-refractivity contribution is 6.32. The predicted molar refractivity (Wildman–Crippen MR) is 74.2 cm³/mol. The van der Waals surface area contributed by atoms with E-state index in [0.29, 0.717) is 12.1 Å². The first-order valence-corrected chi connectivity index (χ1v) is 6.24. The van der Waals surface area contributed by atoms with Crippen molar-refractivity contribution in [1.29, 1.82) is 0 Å². The second-order valence-electron chi connectivity index (χ2n) is 4.51. The molecule has 0 aliphatic carbocycles. The fourth-order valence-electron chi connectivity index (χ4n) is 1.80. The number of hydrogen-bond acceptors (Lipinski definition) is 5. The van der Waals surface area contributed by atoms with E-state index in [4.69, 9.17) is 10.5 Å². The Morgan fingerprint density at radius 1 is 1.25 bits per heavy atom. The third-order valence-corrected chi connectivity index (χ3v) is 2.85. The van der Waals surface area contributed by atoms with Crippen molar-refractivity contribution >= 4 is 11.8 Å². The van der Waals surface area contributed by atoms with Crippen LogP contribution in [0.3, 0.4) is 0 Å². The molecule has 0 saturated heterocycles. The van der Waals surface area contributed by atoms with Crippen molar-refractivity contribution in [2.75, 3.05) is 0 Å². The monoisotopic (exact) mass is 272 g/mol. The first-order valence-electron chi connectivity index (χ1n) is 6.24. The molecule has 0 radical (unpaired) electrons.